The van der Waals surface area contributed by atoms with Crippen LogP contribution < -0.4 is 0 Å². The number of hydrogen-bond acceptors (Lipinski definition) is 1. The lowest BCUT2D eigenvalue weighted by atomic mass is 9.81. The zero-order valence-corrected chi connectivity index (χ0v) is 9.45. The third-order valence-corrected chi connectivity index (χ3v) is 1.95. The monoisotopic (exact) mass is 167 g/mol. The first-order chi connectivity index (χ1) is 5.30. The van der Waals surface area contributed by atoms with Gasteiger partial charge in [-0.15, -0.1) is 0 Å². The van der Waals surface area contributed by atoms with E-state index in [2.05, 4.69) is 46.5 Å². The summed E-state index contributed by atoms with van der Waals surface area (Å²) < 4.78 is 0. The van der Waals surface area contributed by atoms with E-state index in [0.717, 1.165) is 5.71 Å². The summed E-state index contributed by atoms with van der Waals surface area (Å²) in [6, 6.07) is 0. The second-order valence-electron chi connectivity index (χ2n) is 4.43. The zero-order chi connectivity index (χ0) is 9.94. The molecule has 0 aromatic heterocycles. The minimum atomic E-state index is 0.211. The Morgan fingerprint density at radius 1 is 1.00 bits per heavy atom. The van der Waals surface area contributed by atoms with E-state index in [-0.39, 0.29) is 5.41 Å². The van der Waals surface area contributed by atoms with Crippen molar-refractivity contribution >= 4 is 5.71 Å². The molecule has 0 aromatic rings. The van der Waals surface area contributed by atoms with Crippen LogP contribution in [0.2, 0.25) is 0 Å². The first kappa shape index (κ1) is 11.4. The molecule has 70 valence electrons. The fourth-order valence-corrected chi connectivity index (χ4v) is 1.77. The van der Waals surface area contributed by atoms with Gasteiger partial charge in [0.05, 0.1) is 0 Å². The quantitative estimate of drug-likeness (QED) is 0.530. The fraction of sp³-hybridized carbons (Fsp3) is 0.727. The van der Waals surface area contributed by atoms with Gasteiger partial charge in [0, 0.05) is 12.8 Å². The van der Waals surface area contributed by atoms with E-state index in [1.54, 1.807) is 0 Å². The Kier molecular flexibility index (Phi) is 3.69. The van der Waals surface area contributed by atoms with Crippen molar-refractivity contribution in [2.24, 2.45) is 10.4 Å². The molecule has 0 radical (unpaired) electrons. The van der Waals surface area contributed by atoms with Crippen LogP contribution in [0.25, 0.3) is 0 Å². The molecule has 0 aliphatic carbocycles. The minimum absolute atomic E-state index is 0.211. The Morgan fingerprint density at radius 2 is 1.42 bits per heavy atom. The smallest absolute Gasteiger partial charge is 0.0350 e. The van der Waals surface area contributed by atoms with Crippen molar-refractivity contribution in [2.75, 3.05) is 7.05 Å². The first-order valence-electron chi connectivity index (χ1n) is 4.42. The molecule has 1 nitrogen and oxygen atoms in total. The number of rotatable bonds is 1. The largest absolute Gasteiger partial charge is 0.293 e. The van der Waals surface area contributed by atoms with Crippen molar-refractivity contribution in [3.05, 3.63) is 11.1 Å². The molecule has 0 rings (SSSR count). The lowest BCUT2D eigenvalue weighted by molar-refractivity contribution is 0.519. The van der Waals surface area contributed by atoms with Gasteiger partial charge in [-0.25, -0.2) is 0 Å². The van der Waals surface area contributed by atoms with Crippen LogP contribution in [0.1, 0.15) is 41.5 Å². The van der Waals surface area contributed by atoms with Crippen molar-refractivity contribution in [2.45, 2.75) is 41.5 Å². The van der Waals surface area contributed by atoms with Crippen LogP contribution in [0.4, 0.5) is 0 Å². The molecule has 12 heavy (non-hydrogen) atoms. The summed E-state index contributed by atoms with van der Waals surface area (Å²) in [6.45, 7) is 13.1. The van der Waals surface area contributed by atoms with Crippen LogP contribution in [-0.4, -0.2) is 12.8 Å². The van der Waals surface area contributed by atoms with Gasteiger partial charge >= 0.3 is 0 Å². The average Bonchev–Trinajstić information content (AvgIpc) is 1.83. The van der Waals surface area contributed by atoms with Crippen molar-refractivity contribution < 1.29 is 0 Å². The van der Waals surface area contributed by atoms with Gasteiger partial charge in [0.1, 0.15) is 0 Å². The molecule has 0 aromatic carbocycles. The number of hydrogen-bond donors (Lipinski definition) is 0. The van der Waals surface area contributed by atoms with Crippen LogP contribution >= 0.6 is 0 Å². The topological polar surface area (TPSA) is 12.4 Å². The van der Waals surface area contributed by atoms with Crippen molar-refractivity contribution in [1.82, 2.24) is 0 Å². The van der Waals surface area contributed by atoms with Gasteiger partial charge in [0.2, 0.25) is 0 Å². The maximum Gasteiger partial charge on any atom is 0.0350 e. The normalized spacial score (nSPS) is 13.1. The second-order valence-corrected chi connectivity index (χ2v) is 4.43. The molecule has 0 bridgehead atoms. The Bertz CT molecular complexity index is 210. The van der Waals surface area contributed by atoms with E-state index in [1.807, 2.05) is 7.05 Å². The van der Waals surface area contributed by atoms with Crippen LogP contribution in [0, 0.1) is 5.41 Å². The third kappa shape index (κ3) is 2.80. The minimum Gasteiger partial charge on any atom is -0.293 e. The van der Waals surface area contributed by atoms with E-state index in [1.165, 1.54) is 11.1 Å². The molecule has 0 N–H and O–H groups in total. The first-order valence-corrected chi connectivity index (χ1v) is 4.42. The molecule has 0 atom stereocenters. The van der Waals surface area contributed by atoms with Gasteiger partial charge in [-0.2, -0.15) is 0 Å². The summed E-state index contributed by atoms with van der Waals surface area (Å²) in [4.78, 5) is 4.24. The summed E-state index contributed by atoms with van der Waals surface area (Å²) >= 11 is 0. The average molecular weight is 167 g/mol. The summed E-state index contributed by atoms with van der Waals surface area (Å²) in [7, 11) is 1.85. The molecule has 1 heteroatoms. The fourth-order valence-electron chi connectivity index (χ4n) is 1.77. The molecule has 0 spiro atoms. The standard InChI is InChI=1S/C11H21N/c1-8(2)10(9(3)12-7)11(4,5)6/h1-7H3/b12-9-. The number of aliphatic imine (C=N–C) groups is 1. The maximum atomic E-state index is 4.24. The second kappa shape index (κ2) is 3.88. The van der Waals surface area contributed by atoms with Crippen molar-refractivity contribution in [1.29, 1.82) is 0 Å². The molecule has 0 fully saturated rings. The highest BCUT2D eigenvalue weighted by Crippen LogP contribution is 2.28. The lowest BCUT2D eigenvalue weighted by Gasteiger charge is -2.24. The van der Waals surface area contributed by atoms with E-state index >= 15 is 0 Å². The molecule has 0 heterocycles. The van der Waals surface area contributed by atoms with E-state index in [9.17, 15) is 0 Å². The molecule has 0 amide bonds. The number of allylic oxidation sites excluding steroid dienone is 2. The number of nitrogens with zero attached hydrogens (tertiary/aromatic N) is 1. The summed E-state index contributed by atoms with van der Waals surface area (Å²) in [6.07, 6.45) is 0. The van der Waals surface area contributed by atoms with E-state index in [4.69, 9.17) is 0 Å². The van der Waals surface area contributed by atoms with Crippen LogP contribution in [-0.2, 0) is 0 Å². The van der Waals surface area contributed by atoms with E-state index in [0.29, 0.717) is 0 Å². The van der Waals surface area contributed by atoms with Gasteiger partial charge in [0.15, 0.2) is 0 Å². The molecule has 0 saturated heterocycles. The highest BCUT2D eigenvalue weighted by atomic mass is 14.7. The van der Waals surface area contributed by atoms with Gasteiger partial charge < -0.3 is 0 Å². The molecular weight excluding hydrogens is 146 g/mol. The highest BCUT2D eigenvalue weighted by Gasteiger charge is 2.19. The summed E-state index contributed by atoms with van der Waals surface area (Å²) in [5, 5.41) is 0. The molecule has 0 aliphatic heterocycles. The maximum absolute atomic E-state index is 4.24. The molecule has 0 unspecified atom stereocenters. The van der Waals surface area contributed by atoms with Gasteiger partial charge in [0.25, 0.3) is 0 Å². The Balaban J connectivity index is 5.12. The molecule has 0 aliphatic rings. The van der Waals surface area contributed by atoms with Gasteiger partial charge in [-0.1, -0.05) is 26.3 Å². The van der Waals surface area contributed by atoms with Crippen LogP contribution in [0.3, 0.4) is 0 Å². The summed E-state index contributed by atoms with van der Waals surface area (Å²) in [5.41, 5.74) is 4.11. The Hall–Kier alpha value is -0.590. The van der Waals surface area contributed by atoms with Crippen LogP contribution in [0.5, 0.6) is 0 Å². The van der Waals surface area contributed by atoms with E-state index < -0.39 is 0 Å². The van der Waals surface area contributed by atoms with Gasteiger partial charge in [-0.3, -0.25) is 4.99 Å². The SMILES string of the molecule is C/N=C(/C)C(=C(C)C)C(C)(C)C. The lowest BCUT2D eigenvalue weighted by Crippen LogP contribution is -2.17. The highest BCUT2D eigenvalue weighted by molar-refractivity contribution is 5.99. The van der Waals surface area contributed by atoms with Gasteiger partial charge in [-0.05, 0) is 31.8 Å². The third-order valence-electron chi connectivity index (χ3n) is 1.95. The predicted octanol–water partition coefficient (Wildman–Crippen LogP) is 3.46. The Morgan fingerprint density at radius 3 is 1.50 bits per heavy atom. The molecular formula is C11H21N. The van der Waals surface area contributed by atoms with Crippen molar-refractivity contribution in [3.8, 4) is 0 Å². The predicted molar refractivity (Wildman–Crippen MR) is 56.9 cm³/mol. The Labute approximate surface area is 76.6 Å². The summed E-state index contributed by atoms with van der Waals surface area (Å²) in [5.74, 6) is 0. The molecule has 0 saturated carbocycles. The zero-order valence-electron chi connectivity index (χ0n) is 9.45. The van der Waals surface area contributed by atoms with Crippen molar-refractivity contribution in [3.63, 3.8) is 0 Å². The van der Waals surface area contributed by atoms with Crippen LogP contribution in [0.15, 0.2) is 16.1 Å².